The second kappa shape index (κ2) is 6.61. The maximum Gasteiger partial charge on any atom is 0.201 e. The Balaban J connectivity index is 2.21. The van der Waals surface area contributed by atoms with E-state index in [0.717, 1.165) is 12.1 Å². The van der Waals surface area contributed by atoms with Crippen LogP contribution in [-0.2, 0) is 0 Å². The first kappa shape index (κ1) is 17.1. The molecule has 4 N–H and O–H groups in total. The lowest BCUT2D eigenvalue weighted by atomic mass is 10.1. The number of fused-ring (bicyclic) bond motifs is 1. The van der Waals surface area contributed by atoms with E-state index in [2.05, 4.69) is 20.3 Å². The number of H-pyrrole nitrogens is 1. The van der Waals surface area contributed by atoms with Crippen LogP contribution in [-0.4, -0.2) is 28.1 Å². The van der Waals surface area contributed by atoms with Gasteiger partial charge in [0, 0.05) is 12.6 Å². The van der Waals surface area contributed by atoms with Gasteiger partial charge in [-0.05, 0) is 24.3 Å². The fourth-order valence-corrected chi connectivity index (χ4v) is 2.41. The maximum atomic E-state index is 14.0. The van der Waals surface area contributed by atoms with Gasteiger partial charge in [0.25, 0.3) is 0 Å². The Bertz CT molecular complexity index is 989. The van der Waals surface area contributed by atoms with E-state index in [9.17, 15) is 18.4 Å². The molecular formula is C15H11ClF3N5O. The van der Waals surface area contributed by atoms with E-state index in [4.69, 9.17) is 11.6 Å². The van der Waals surface area contributed by atoms with Crippen molar-refractivity contribution in [2.45, 2.75) is 0 Å². The number of aromatic nitrogens is 2. The van der Waals surface area contributed by atoms with Gasteiger partial charge in [0.1, 0.15) is 11.3 Å². The van der Waals surface area contributed by atoms with E-state index in [1.165, 1.54) is 12.1 Å². The largest absolute Gasteiger partial charge is 0.359 e. The molecule has 0 aliphatic carbocycles. The van der Waals surface area contributed by atoms with E-state index in [-0.39, 0.29) is 39.1 Å². The molecule has 0 bridgehead atoms. The molecule has 2 aromatic carbocycles. The summed E-state index contributed by atoms with van der Waals surface area (Å²) in [6.07, 6.45) is 0. The van der Waals surface area contributed by atoms with Crippen molar-refractivity contribution in [1.29, 1.82) is 0 Å². The molecule has 0 aliphatic rings. The van der Waals surface area contributed by atoms with Crippen LogP contribution in [0.25, 0.3) is 11.0 Å². The van der Waals surface area contributed by atoms with E-state index in [1.54, 1.807) is 7.05 Å². The molecule has 1 heterocycles. The highest BCUT2D eigenvalue weighted by atomic mass is 35.5. The Morgan fingerprint density at radius 1 is 1.24 bits per heavy atom. The summed E-state index contributed by atoms with van der Waals surface area (Å²) in [7, 11) is 1.55. The zero-order valence-corrected chi connectivity index (χ0v) is 13.4. The Morgan fingerprint density at radius 2 is 2.00 bits per heavy atom. The van der Waals surface area contributed by atoms with E-state index < -0.39 is 17.5 Å². The summed E-state index contributed by atoms with van der Waals surface area (Å²) in [5.74, 6) is -2.96. The molecule has 0 amide bonds. The number of hydroxylamine groups is 1. The Labute approximate surface area is 144 Å². The number of nitrogens with one attached hydrogen (secondary N) is 3. The van der Waals surface area contributed by atoms with Gasteiger partial charge in [-0.25, -0.2) is 23.1 Å². The van der Waals surface area contributed by atoms with Gasteiger partial charge in [0.15, 0.2) is 17.5 Å². The standard InChI is InChI=1S/C15H11ClF3N5O/c1-20-15-22-12-7(5-10(18)11(19)13(12)23-15)14(24-25)21-6-2-3-9(17)8(16)4-6/h2-5,25H,1H3,(H,21,24)(H2,20,22,23). The lowest BCUT2D eigenvalue weighted by Gasteiger charge is -2.08. The number of anilines is 1. The van der Waals surface area contributed by atoms with Crippen LogP contribution < -0.4 is 10.8 Å². The zero-order chi connectivity index (χ0) is 18.1. The predicted octanol–water partition coefficient (Wildman–Crippen LogP) is 3.73. The van der Waals surface area contributed by atoms with Crippen molar-refractivity contribution >= 4 is 40.1 Å². The molecule has 0 spiro atoms. The molecule has 25 heavy (non-hydrogen) atoms. The van der Waals surface area contributed by atoms with Crippen molar-refractivity contribution in [1.82, 2.24) is 15.4 Å². The van der Waals surface area contributed by atoms with E-state index in [1.807, 2.05) is 5.48 Å². The molecular weight excluding hydrogens is 359 g/mol. The Morgan fingerprint density at radius 3 is 2.64 bits per heavy atom. The van der Waals surface area contributed by atoms with Crippen molar-refractivity contribution in [3.63, 3.8) is 0 Å². The van der Waals surface area contributed by atoms with Gasteiger partial charge in [0.2, 0.25) is 5.95 Å². The summed E-state index contributed by atoms with van der Waals surface area (Å²) in [5, 5.41) is 11.9. The molecule has 1 aromatic heterocycles. The molecule has 10 heteroatoms. The van der Waals surface area contributed by atoms with E-state index in [0.29, 0.717) is 0 Å². The van der Waals surface area contributed by atoms with Gasteiger partial charge in [0.05, 0.1) is 16.2 Å². The van der Waals surface area contributed by atoms with Gasteiger partial charge in [-0.2, -0.15) is 0 Å². The molecule has 0 unspecified atom stereocenters. The monoisotopic (exact) mass is 369 g/mol. The SMILES string of the molecule is CNc1nc2c(F)c(F)cc(C(=Nc3ccc(F)c(Cl)c3)NO)c2[nH]1. The van der Waals surface area contributed by atoms with Crippen molar-refractivity contribution in [3.05, 3.63) is 52.3 Å². The molecule has 0 aliphatic heterocycles. The lowest BCUT2D eigenvalue weighted by Crippen LogP contribution is -2.21. The van der Waals surface area contributed by atoms with Crippen molar-refractivity contribution in [2.24, 2.45) is 4.99 Å². The molecule has 130 valence electrons. The fraction of sp³-hybridized carbons (Fsp3) is 0.0667. The summed E-state index contributed by atoms with van der Waals surface area (Å²) >= 11 is 5.69. The Kier molecular flexibility index (Phi) is 4.51. The van der Waals surface area contributed by atoms with Crippen LogP contribution in [0.3, 0.4) is 0 Å². The summed E-state index contributed by atoms with van der Waals surface area (Å²) in [6, 6.07) is 4.47. The van der Waals surface area contributed by atoms with Crippen LogP contribution in [0.2, 0.25) is 5.02 Å². The van der Waals surface area contributed by atoms with Crippen LogP contribution in [0.1, 0.15) is 5.56 Å². The summed E-state index contributed by atoms with van der Waals surface area (Å²) in [6.45, 7) is 0. The number of hydrogen-bond donors (Lipinski definition) is 4. The quantitative estimate of drug-likeness (QED) is 0.322. The first-order chi connectivity index (χ1) is 11.9. The first-order valence-corrected chi connectivity index (χ1v) is 7.32. The number of amidine groups is 1. The van der Waals surface area contributed by atoms with E-state index >= 15 is 0 Å². The Hall–Kier alpha value is -2.78. The third-order valence-electron chi connectivity index (χ3n) is 3.40. The minimum absolute atomic E-state index is 0.0193. The number of halogens is 4. The van der Waals surface area contributed by atoms with Crippen LogP contribution in [0, 0.1) is 17.5 Å². The fourth-order valence-electron chi connectivity index (χ4n) is 2.24. The normalized spacial score (nSPS) is 11.8. The highest BCUT2D eigenvalue weighted by Gasteiger charge is 2.19. The van der Waals surface area contributed by atoms with Gasteiger partial charge < -0.3 is 10.3 Å². The van der Waals surface area contributed by atoms with Gasteiger partial charge >= 0.3 is 0 Å². The summed E-state index contributed by atoms with van der Waals surface area (Å²) in [5.41, 5.74) is 1.87. The molecule has 0 saturated heterocycles. The molecule has 3 aromatic rings. The molecule has 6 nitrogen and oxygen atoms in total. The third-order valence-corrected chi connectivity index (χ3v) is 3.69. The lowest BCUT2D eigenvalue weighted by molar-refractivity contribution is 0.235. The second-order valence-electron chi connectivity index (χ2n) is 4.95. The molecule has 0 fully saturated rings. The number of imidazole rings is 1. The van der Waals surface area contributed by atoms with Gasteiger partial charge in [-0.15, -0.1) is 0 Å². The summed E-state index contributed by atoms with van der Waals surface area (Å²) < 4.78 is 41.1. The van der Waals surface area contributed by atoms with Crippen molar-refractivity contribution in [2.75, 3.05) is 12.4 Å². The van der Waals surface area contributed by atoms with Crippen LogP contribution in [0.4, 0.5) is 24.8 Å². The summed E-state index contributed by atoms with van der Waals surface area (Å²) in [4.78, 5) is 10.7. The maximum absolute atomic E-state index is 14.0. The topological polar surface area (TPSA) is 85.3 Å². The first-order valence-electron chi connectivity index (χ1n) is 6.94. The number of aliphatic imine (C=N–C) groups is 1. The predicted molar refractivity (Wildman–Crippen MR) is 88.1 cm³/mol. The second-order valence-corrected chi connectivity index (χ2v) is 5.36. The molecule has 0 radical (unpaired) electrons. The van der Waals surface area contributed by atoms with Crippen LogP contribution >= 0.6 is 11.6 Å². The zero-order valence-electron chi connectivity index (χ0n) is 12.7. The number of benzene rings is 2. The minimum atomic E-state index is -1.17. The smallest absolute Gasteiger partial charge is 0.201 e. The minimum Gasteiger partial charge on any atom is -0.359 e. The van der Waals surface area contributed by atoms with Crippen LogP contribution in [0.5, 0.6) is 0 Å². The van der Waals surface area contributed by atoms with Gasteiger partial charge in [-0.3, -0.25) is 10.7 Å². The number of nitrogens with zero attached hydrogens (tertiary/aromatic N) is 2. The molecule has 0 atom stereocenters. The van der Waals surface area contributed by atoms with Crippen molar-refractivity contribution in [3.8, 4) is 0 Å². The van der Waals surface area contributed by atoms with Crippen molar-refractivity contribution < 1.29 is 18.4 Å². The highest BCUT2D eigenvalue weighted by Crippen LogP contribution is 2.26. The molecule has 0 saturated carbocycles. The number of aromatic amines is 1. The average molecular weight is 370 g/mol. The highest BCUT2D eigenvalue weighted by molar-refractivity contribution is 6.31. The molecule has 3 rings (SSSR count). The number of rotatable bonds is 3. The average Bonchev–Trinajstić information content (AvgIpc) is 3.04. The van der Waals surface area contributed by atoms with Crippen LogP contribution in [0.15, 0.2) is 29.3 Å². The van der Waals surface area contributed by atoms with Gasteiger partial charge in [-0.1, -0.05) is 11.6 Å². The third kappa shape index (κ3) is 3.11. The number of hydrogen-bond acceptors (Lipinski definition) is 4.